The van der Waals surface area contributed by atoms with Gasteiger partial charge < -0.3 is 9.57 Å². The number of carbonyl (C=O) groups excluding carboxylic acids is 4. The molecule has 0 radical (unpaired) electrons. The van der Waals surface area contributed by atoms with E-state index in [0.717, 1.165) is 0 Å². The molecule has 0 unspecified atom stereocenters. The van der Waals surface area contributed by atoms with E-state index in [-0.39, 0.29) is 30.4 Å². The van der Waals surface area contributed by atoms with Crippen molar-refractivity contribution in [1.82, 2.24) is 5.06 Å². The third-order valence-electron chi connectivity index (χ3n) is 2.94. The molecular formula is C14H13NO6. The Morgan fingerprint density at radius 1 is 1.00 bits per heavy atom. The smallest absolute Gasteiger partial charge is 0.333 e. The molecular weight excluding hydrogens is 278 g/mol. The van der Waals surface area contributed by atoms with Gasteiger partial charge in [-0.15, -0.1) is 0 Å². The fourth-order valence-corrected chi connectivity index (χ4v) is 1.88. The second kappa shape index (κ2) is 6.17. The van der Waals surface area contributed by atoms with E-state index in [9.17, 15) is 19.2 Å². The zero-order valence-corrected chi connectivity index (χ0v) is 11.3. The third-order valence-corrected chi connectivity index (χ3v) is 2.94. The van der Waals surface area contributed by atoms with Gasteiger partial charge in [0.05, 0.1) is 18.2 Å². The van der Waals surface area contributed by atoms with Crippen molar-refractivity contribution in [3.8, 4) is 0 Å². The molecule has 21 heavy (non-hydrogen) atoms. The normalized spacial score (nSPS) is 13.1. The SMILES string of the molecule is COC(=O)CCCC(=O)ON1C(=O)c2ccccc2C1=O. The fourth-order valence-electron chi connectivity index (χ4n) is 1.88. The fraction of sp³-hybridized carbons (Fsp3) is 0.286. The first kappa shape index (κ1) is 14.7. The van der Waals surface area contributed by atoms with Crippen molar-refractivity contribution in [3.05, 3.63) is 35.4 Å². The molecule has 0 saturated carbocycles. The summed E-state index contributed by atoms with van der Waals surface area (Å²) in [6, 6.07) is 6.21. The predicted molar refractivity (Wildman–Crippen MR) is 68.9 cm³/mol. The first-order chi connectivity index (χ1) is 10.0. The van der Waals surface area contributed by atoms with Crippen LogP contribution in [0.2, 0.25) is 0 Å². The van der Waals surface area contributed by atoms with Crippen LogP contribution in [-0.2, 0) is 19.2 Å². The molecule has 7 heteroatoms. The summed E-state index contributed by atoms with van der Waals surface area (Å²) in [4.78, 5) is 51.1. The highest BCUT2D eigenvalue weighted by molar-refractivity contribution is 6.20. The van der Waals surface area contributed by atoms with E-state index in [2.05, 4.69) is 4.74 Å². The summed E-state index contributed by atoms with van der Waals surface area (Å²) in [5.41, 5.74) is 0.398. The summed E-state index contributed by atoms with van der Waals surface area (Å²) >= 11 is 0. The number of hydrogen-bond donors (Lipinski definition) is 0. The number of benzene rings is 1. The molecule has 1 aliphatic rings. The van der Waals surface area contributed by atoms with Gasteiger partial charge >= 0.3 is 11.9 Å². The van der Waals surface area contributed by atoms with Gasteiger partial charge in [0, 0.05) is 12.8 Å². The van der Waals surface area contributed by atoms with Crippen molar-refractivity contribution in [2.75, 3.05) is 7.11 Å². The molecule has 0 fully saturated rings. The van der Waals surface area contributed by atoms with Crippen LogP contribution < -0.4 is 0 Å². The molecule has 110 valence electrons. The van der Waals surface area contributed by atoms with Crippen molar-refractivity contribution < 1.29 is 28.8 Å². The molecule has 1 aromatic rings. The molecule has 1 aromatic carbocycles. The Morgan fingerprint density at radius 2 is 1.52 bits per heavy atom. The number of esters is 1. The minimum absolute atomic E-state index is 0.0632. The van der Waals surface area contributed by atoms with E-state index in [0.29, 0.717) is 5.06 Å². The van der Waals surface area contributed by atoms with Crippen molar-refractivity contribution in [3.63, 3.8) is 0 Å². The lowest BCUT2D eigenvalue weighted by molar-refractivity contribution is -0.168. The number of rotatable bonds is 5. The van der Waals surface area contributed by atoms with Gasteiger partial charge in [0.25, 0.3) is 11.8 Å². The zero-order chi connectivity index (χ0) is 15.4. The maximum absolute atomic E-state index is 11.9. The summed E-state index contributed by atoms with van der Waals surface area (Å²) in [6.45, 7) is 0. The maximum Gasteiger partial charge on any atom is 0.333 e. The van der Waals surface area contributed by atoms with E-state index >= 15 is 0 Å². The van der Waals surface area contributed by atoms with Gasteiger partial charge in [-0.05, 0) is 18.6 Å². The lowest BCUT2D eigenvalue weighted by Gasteiger charge is -2.12. The van der Waals surface area contributed by atoms with Crippen LogP contribution in [0, 0.1) is 0 Å². The number of amides is 2. The first-order valence-corrected chi connectivity index (χ1v) is 6.30. The molecule has 1 heterocycles. The third kappa shape index (κ3) is 3.07. The highest BCUT2D eigenvalue weighted by atomic mass is 16.7. The number of methoxy groups -OCH3 is 1. The van der Waals surface area contributed by atoms with Crippen LogP contribution >= 0.6 is 0 Å². The Labute approximate surface area is 120 Å². The Balaban J connectivity index is 1.93. The summed E-state index contributed by atoms with van der Waals surface area (Å²) in [7, 11) is 1.25. The number of carbonyl (C=O) groups is 4. The molecule has 2 amide bonds. The van der Waals surface area contributed by atoms with Gasteiger partial charge in [-0.1, -0.05) is 17.2 Å². The van der Waals surface area contributed by atoms with Crippen molar-refractivity contribution in [2.24, 2.45) is 0 Å². The van der Waals surface area contributed by atoms with Crippen molar-refractivity contribution in [1.29, 1.82) is 0 Å². The standard InChI is InChI=1S/C14H13NO6/c1-20-11(16)7-4-8-12(17)21-15-13(18)9-5-2-3-6-10(9)14(15)19/h2-3,5-6H,4,7-8H2,1H3. The van der Waals surface area contributed by atoms with Crippen LogP contribution in [0.25, 0.3) is 0 Å². The van der Waals surface area contributed by atoms with E-state index < -0.39 is 23.8 Å². The number of hydrogen-bond acceptors (Lipinski definition) is 6. The molecule has 7 nitrogen and oxygen atoms in total. The minimum Gasteiger partial charge on any atom is -0.469 e. The van der Waals surface area contributed by atoms with Gasteiger partial charge in [0.2, 0.25) is 0 Å². The molecule has 2 rings (SSSR count). The lowest BCUT2D eigenvalue weighted by atomic mass is 10.1. The predicted octanol–water partition coefficient (Wildman–Crippen LogP) is 1.08. The van der Waals surface area contributed by atoms with E-state index in [4.69, 9.17) is 4.84 Å². The van der Waals surface area contributed by atoms with Gasteiger partial charge in [-0.2, -0.15) is 0 Å². The number of hydroxylamine groups is 2. The van der Waals surface area contributed by atoms with E-state index in [1.807, 2.05) is 0 Å². The van der Waals surface area contributed by atoms with Crippen LogP contribution in [0.15, 0.2) is 24.3 Å². The van der Waals surface area contributed by atoms with Gasteiger partial charge in [-0.25, -0.2) is 4.79 Å². The van der Waals surface area contributed by atoms with Gasteiger partial charge in [0.1, 0.15) is 0 Å². The molecule has 0 aliphatic carbocycles. The van der Waals surface area contributed by atoms with Crippen molar-refractivity contribution in [2.45, 2.75) is 19.3 Å². The van der Waals surface area contributed by atoms with Crippen LogP contribution in [0.3, 0.4) is 0 Å². The topological polar surface area (TPSA) is 90.0 Å². The molecule has 0 atom stereocenters. The average molecular weight is 291 g/mol. The van der Waals surface area contributed by atoms with E-state index in [1.165, 1.54) is 19.2 Å². The van der Waals surface area contributed by atoms with Gasteiger partial charge in [0.15, 0.2) is 0 Å². The molecule has 1 aliphatic heterocycles. The number of ether oxygens (including phenoxy) is 1. The summed E-state index contributed by atoms with van der Waals surface area (Å²) in [5, 5.41) is 0.450. The highest BCUT2D eigenvalue weighted by Gasteiger charge is 2.38. The van der Waals surface area contributed by atoms with Crippen LogP contribution in [-0.4, -0.2) is 35.9 Å². The van der Waals surface area contributed by atoms with Gasteiger partial charge in [-0.3, -0.25) is 14.4 Å². The molecule has 0 aromatic heterocycles. The first-order valence-electron chi connectivity index (χ1n) is 6.30. The Morgan fingerprint density at radius 3 is 2.05 bits per heavy atom. The Bertz CT molecular complexity index is 574. The monoisotopic (exact) mass is 291 g/mol. The molecule has 0 N–H and O–H groups in total. The molecule has 0 saturated heterocycles. The number of fused-ring (bicyclic) bond motifs is 1. The summed E-state index contributed by atoms with van der Waals surface area (Å²) in [6.07, 6.45) is 0.185. The number of imide groups is 1. The highest BCUT2D eigenvalue weighted by Crippen LogP contribution is 2.22. The van der Waals surface area contributed by atoms with E-state index in [1.54, 1.807) is 12.1 Å². The van der Waals surface area contributed by atoms with Crippen molar-refractivity contribution >= 4 is 23.8 Å². The lowest BCUT2D eigenvalue weighted by Crippen LogP contribution is -2.32. The summed E-state index contributed by atoms with van der Waals surface area (Å²) < 4.78 is 4.43. The molecule has 0 bridgehead atoms. The molecule has 0 spiro atoms. The maximum atomic E-state index is 11.9. The zero-order valence-electron chi connectivity index (χ0n) is 11.3. The van der Waals surface area contributed by atoms with Crippen LogP contribution in [0.4, 0.5) is 0 Å². The minimum atomic E-state index is -0.756. The number of nitrogens with zero attached hydrogens (tertiary/aromatic N) is 1. The Kier molecular flexibility index (Phi) is 4.32. The van der Waals surface area contributed by atoms with Crippen LogP contribution in [0.1, 0.15) is 40.0 Å². The average Bonchev–Trinajstić information content (AvgIpc) is 2.72. The largest absolute Gasteiger partial charge is 0.469 e. The Hall–Kier alpha value is -2.70. The quantitative estimate of drug-likeness (QED) is 0.595. The second-order valence-electron chi connectivity index (χ2n) is 4.34. The second-order valence-corrected chi connectivity index (χ2v) is 4.34. The summed E-state index contributed by atoms with van der Waals surface area (Å²) in [5.74, 6) is -2.54. The van der Waals surface area contributed by atoms with Crippen LogP contribution in [0.5, 0.6) is 0 Å².